The second-order valence-corrected chi connectivity index (χ2v) is 7.01. The molecule has 1 unspecified atom stereocenters. The zero-order valence-corrected chi connectivity index (χ0v) is 12.9. The monoisotopic (exact) mass is 281 g/mol. The number of nitrogens with zero attached hydrogens (tertiary/aromatic N) is 1. The Hall–Kier alpha value is -0.940. The van der Waals surface area contributed by atoms with Crippen LogP contribution < -0.4 is 10.6 Å². The third kappa shape index (κ3) is 3.54. The maximum atomic E-state index is 12.2. The van der Waals surface area contributed by atoms with Gasteiger partial charge in [0.25, 0.3) is 0 Å². The first-order valence-electron chi connectivity index (χ1n) is 6.95. The average molecular weight is 281 g/mol. The van der Waals surface area contributed by atoms with Crippen molar-refractivity contribution in [1.29, 1.82) is 0 Å². The Morgan fingerprint density at radius 3 is 2.68 bits per heavy atom. The lowest BCUT2D eigenvalue weighted by Gasteiger charge is -2.31. The van der Waals surface area contributed by atoms with E-state index in [1.54, 1.807) is 11.3 Å². The summed E-state index contributed by atoms with van der Waals surface area (Å²) in [7, 11) is 0. The summed E-state index contributed by atoms with van der Waals surface area (Å²) in [6.45, 7) is 10.2. The Kier molecular flexibility index (Phi) is 4.58. The fourth-order valence-corrected chi connectivity index (χ4v) is 3.05. The fourth-order valence-electron chi connectivity index (χ4n) is 2.20. The van der Waals surface area contributed by atoms with Gasteiger partial charge in [0.05, 0.1) is 10.7 Å². The Bertz CT molecular complexity index is 452. The third-order valence-corrected chi connectivity index (χ3v) is 4.50. The van der Waals surface area contributed by atoms with Gasteiger partial charge < -0.3 is 10.6 Å². The summed E-state index contributed by atoms with van der Waals surface area (Å²) in [4.78, 5) is 16.8. The topological polar surface area (TPSA) is 54.0 Å². The van der Waals surface area contributed by atoms with Crippen LogP contribution in [-0.2, 0) is 11.2 Å². The van der Waals surface area contributed by atoms with Crippen LogP contribution in [0.2, 0.25) is 0 Å². The summed E-state index contributed by atoms with van der Waals surface area (Å²) in [5, 5.41) is 8.25. The van der Waals surface area contributed by atoms with Crippen molar-refractivity contribution in [2.75, 3.05) is 18.4 Å². The molecule has 2 heterocycles. The fraction of sp³-hybridized carbons (Fsp3) is 0.714. The lowest BCUT2D eigenvalue weighted by atomic mass is 9.88. The van der Waals surface area contributed by atoms with Crippen LogP contribution in [0.25, 0.3) is 0 Å². The summed E-state index contributed by atoms with van der Waals surface area (Å²) in [6, 6.07) is 0. The Balaban J connectivity index is 2.03. The molecule has 2 rings (SSSR count). The summed E-state index contributed by atoms with van der Waals surface area (Å²) in [5.41, 5.74) is 1.03. The second kappa shape index (κ2) is 6.01. The normalized spacial score (nSPS) is 17.3. The molecule has 0 radical (unpaired) electrons. The number of nitrogens with one attached hydrogen (secondary N) is 2. The molecule has 0 aliphatic carbocycles. The zero-order valence-electron chi connectivity index (χ0n) is 12.1. The van der Waals surface area contributed by atoms with E-state index >= 15 is 0 Å². The Morgan fingerprint density at radius 1 is 1.47 bits per heavy atom. The van der Waals surface area contributed by atoms with Gasteiger partial charge in [-0.1, -0.05) is 20.8 Å². The summed E-state index contributed by atoms with van der Waals surface area (Å²) in [5.74, 6) is 1.21. The Labute approximate surface area is 119 Å². The Morgan fingerprint density at radius 2 is 2.16 bits per heavy atom. The van der Waals surface area contributed by atoms with Crippen molar-refractivity contribution < 1.29 is 4.79 Å². The van der Waals surface area contributed by atoms with Crippen LogP contribution in [0.4, 0.5) is 5.00 Å². The highest BCUT2D eigenvalue weighted by Gasteiger charge is 2.29. The second-order valence-electron chi connectivity index (χ2n) is 5.80. The largest absolute Gasteiger partial charge is 0.316 e. The van der Waals surface area contributed by atoms with Crippen molar-refractivity contribution in [3.05, 3.63) is 10.7 Å². The van der Waals surface area contributed by atoms with E-state index in [2.05, 4.69) is 29.5 Å². The predicted octanol–water partition coefficient (Wildman–Crippen LogP) is 2.44. The lowest BCUT2D eigenvalue weighted by Crippen LogP contribution is -2.48. The molecule has 1 aromatic heterocycles. The first-order valence-corrected chi connectivity index (χ1v) is 7.77. The minimum Gasteiger partial charge on any atom is -0.316 e. The van der Waals surface area contributed by atoms with Crippen molar-refractivity contribution in [2.45, 2.75) is 34.1 Å². The first kappa shape index (κ1) is 14.5. The van der Waals surface area contributed by atoms with E-state index < -0.39 is 0 Å². The van der Waals surface area contributed by atoms with Crippen molar-refractivity contribution in [3.8, 4) is 0 Å². The highest BCUT2D eigenvalue weighted by molar-refractivity contribution is 7.16. The molecule has 1 saturated heterocycles. The summed E-state index contributed by atoms with van der Waals surface area (Å²) < 4.78 is 0. The number of hydrogen-bond donors (Lipinski definition) is 2. The molecule has 1 aliphatic heterocycles. The molecule has 2 N–H and O–H groups in total. The number of aromatic nitrogens is 1. The molecule has 0 bridgehead atoms. The molecule has 1 aromatic rings. The van der Waals surface area contributed by atoms with Gasteiger partial charge >= 0.3 is 0 Å². The van der Waals surface area contributed by atoms with Gasteiger partial charge in [0.15, 0.2) is 0 Å². The van der Waals surface area contributed by atoms with Gasteiger partial charge in [0.2, 0.25) is 5.91 Å². The summed E-state index contributed by atoms with van der Waals surface area (Å²) in [6.07, 6.45) is 0.916. The van der Waals surface area contributed by atoms with E-state index in [1.165, 1.54) is 0 Å². The number of aryl methyl sites for hydroxylation is 1. The average Bonchev–Trinajstić information content (AvgIpc) is 2.55. The van der Waals surface area contributed by atoms with E-state index in [0.717, 1.165) is 35.2 Å². The molecule has 1 amide bonds. The van der Waals surface area contributed by atoms with Gasteiger partial charge in [-0.3, -0.25) is 4.79 Å². The smallest absolute Gasteiger partial charge is 0.228 e. The zero-order chi connectivity index (χ0) is 14.0. The summed E-state index contributed by atoms with van der Waals surface area (Å²) >= 11 is 1.58. The molecule has 1 aliphatic rings. The van der Waals surface area contributed by atoms with Crippen LogP contribution in [-0.4, -0.2) is 24.0 Å². The highest BCUT2D eigenvalue weighted by atomic mass is 32.1. The van der Waals surface area contributed by atoms with Gasteiger partial charge in [-0.15, -0.1) is 11.3 Å². The van der Waals surface area contributed by atoms with Gasteiger partial charge in [-0.2, -0.15) is 0 Å². The van der Waals surface area contributed by atoms with E-state index in [4.69, 9.17) is 0 Å². The van der Waals surface area contributed by atoms with E-state index in [1.807, 2.05) is 13.8 Å². The quantitative estimate of drug-likeness (QED) is 0.871. The number of amides is 1. The minimum absolute atomic E-state index is 0.0653. The first-order chi connectivity index (χ1) is 8.97. The van der Waals surface area contributed by atoms with Crippen LogP contribution >= 0.6 is 11.3 Å². The lowest BCUT2D eigenvalue weighted by molar-refractivity contribution is -0.121. The number of carbonyl (C=O) groups excluding carboxylic acids is 1. The van der Waals surface area contributed by atoms with Gasteiger partial charge in [0, 0.05) is 5.92 Å². The van der Waals surface area contributed by atoms with Crippen LogP contribution in [0.1, 0.15) is 31.5 Å². The number of carbonyl (C=O) groups is 1. The minimum atomic E-state index is 0.0653. The van der Waals surface area contributed by atoms with Crippen LogP contribution in [0, 0.1) is 24.7 Å². The van der Waals surface area contributed by atoms with E-state index in [9.17, 15) is 4.79 Å². The molecule has 5 heteroatoms. The SMILES string of the molecule is Cc1nc(CC(C)C)c(NC(=O)C(C)C2CNC2)s1. The maximum Gasteiger partial charge on any atom is 0.228 e. The van der Waals surface area contributed by atoms with Gasteiger partial charge in [-0.05, 0) is 38.3 Å². The number of thiazole rings is 1. The molecule has 0 aromatic carbocycles. The van der Waals surface area contributed by atoms with Crippen LogP contribution in [0.5, 0.6) is 0 Å². The number of hydrogen-bond acceptors (Lipinski definition) is 4. The molecule has 106 valence electrons. The van der Waals surface area contributed by atoms with Crippen molar-refractivity contribution in [2.24, 2.45) is 17.8 Å². The van der Waals surface area contributed by atoms with Gasteiger partial charge in [-0.25, -0.2) is 4.98 Å². The molecule has 0 saturated carbocycles. The van der Waals surface area contributed by atoms with Crippen molar-refractivity contribution in [3.63, 3.8) is 0 Å². The van der Waals surface area contributed by atoms with Gasteiger partial charge in [0.1, 0.15) is 5.00 Å². The maximum absolute atomic E-state index is 12.2. The molecule has 19 heavy (non-hydrogen) atoms. The third-order valence-electron chi connectivity index (χ3n) is 3.58. The number of rotatable bonds is 5. The van der Waals surface area contributed by atoms with Crippen LogP contribution in [0.15, 0.2) is 0 Å². The number of anilines is 1. The molecule has 4 nitrogen and oxygen atoms in total. The van der Waals surface area contributed by atoms with Crippen molar-refractivity contribution in [1.82, 2.24) is 10.3 Å². The van der Waals surface area contributed by atoms with E-state index in [-0.39, 0.29) is 11.8 Å². The molecular weight excluding hydrogens is 258 g/mol. The molecule has 1 atom stereocenters. The molecule has 1 fully saturated rings. The predicted molar refractivity (Wildman–Crippen MR) is 79.5 cm³/mol. The standard InChI is InChI=1S/C14H23N3OS/c1-8(2)5-12-14(19-10(4)16-12)17-13(18)9(3)11-6-15-7-11/h8-9,11,15H,5-7H2,1-4H3,(H,17,18). The van der Waals surface area contributed by atoms with E-state index in [0.29, 0.717) is 11.8 Å². The van der Waals surface area contributed by atoms with Crippen molar-refractivity contribution >= 4 is 22.2 Å². The highest BCUT2D eigenvalue weighted by Crippen LogP contribution is 2.28. The molecular formula is C14H23N3OS. The molecule has 0 spiro atoms. The van der Waals surface area contributed by atoms with Crippen LogP contribution in [0.3, 0.4) is 0 Å².